The Kier molecular flexibility index (Phi) is 5.63. The summed E-state index contributed by atoms with van der Waals surface area (Å²) >= 11 is 0. The number of carboxylic acids is 1. The molecule has 2 aromatic rings. The number of hydrogen-bond donors (Lipinski definition) is 2. The highest BCUT2D eigenvalue weighted by Crippen LogP contribution is 2.29. The average molecular weight is 369 g/mol. The highest BCUT2D eigenvalue weighted by molar-refractivity contribution is 5.95. The summed E-state index contributed by atoms with van der Waals surface area (Å²) in [6.07, 6.45) is 1.05. The second kappa shape index (κ2) is 7.94. The number of anilines is 2. The number of nitrogens with one attached hydrogen (secondary N) is 1. The summed E-state index contributed by atoms with van der Waals surface area (Å²) in [5.41, 5.74) is 2.68. The van der Waals surface area contributed by atoms with Crippen LogP contribution in [0.2, 0.25) is 0 Å². The number of aliphatic carboxylic acids is 1. The second-order valence-corrected chi connectivity index (χ2v) is 7.82. The predicted octanol–water partition coefficient (Wildman–Crippen LogP) is 3.83. The van der Waals surface area contributed by atoms with E-state index < -0.39 is 5.97 Å². The van der Waals surface area contributed by atoms with E-state index in [1.165, 1.54) is 6.42 Å². The monoisotopic (exact) mass is 369 g/mol. The summed E-state index contributed by atoms with van der Waals surface area (Å²) in [5, 5.41) is 12.4. The van der Waals surface area contributed by atoms with Gasteiger partial charge in [0.05, 0.1) is 11.9 Å². The first-order chi connectivity index (χ1) is 12.8. The van der Waals surface area contributed by atoms with Gasteiger partial charge in [-0.1, -0.05) is 13.8 Å². The summed E-state index contributed by atoms with van der Waals surface area (Å²) in [7, 11) is 0. The van der Waals surface area contributed by atoms with Crippen molar-refractivity contribution < 1.29 is 14.7 Å². The summed E-state index contributed by atoms with van der Waals surface area (Å²) in [6, 6.07) is 7.75. The zero-order valence-corrected chi connectivity index (χ0v) is 16.2. The van der Waals surface area contributed by atoms with Gasteiger partial charge in [-0.05, 0) is 55.0 Å². The van der Waals surface area contributed by atoms with E-state index in [1.54, 1.807) is 0 Å². The van der Waals surface area contributed by atoms with E-state index in [2.05, 4.69) is 37.1 Å². The number of aryl methyl sites for hydroxylation is 1. The molecule has 0 radical (unpaired) electrons. The van der Waals surface area contributed by atoms with Crippen LogP contribution in [0.15, 0.2) is 24.3 Å². The van der Waals surface area contributed by atoms with Crippen molar-refractivity contribution in [1.29, 1.82) is 0 Å². The van der Waals surface area contributed by atoms with Gasteiger partial charge in [-0.15, -0.1) is 0 Å². The largest absolute Gasteiger partial charge is 0.481 e. The summed E-state index contributed by atoms with van der Waals surface area (Å²) in [5.74, 6) is 1.06. The van der Waals surface area contributed by atoms with Crippen molar-refractivity contribution in [3.63, 3.8) is 0 Å². The van der Waals surface area contributed by atoms with Crippen LogP contribution in [0.3, 0.4) is 0 Å². The Morgan fingerprint density at radius 2 is 1.89 bits per heavy atom. The lowest BCUT2D eigenvalue weighted by Crippen LogP contribution is -2.39. The van der Waals surface area contributed by atoms with Gasteiger partial charge >= 0.3 is 5.97 Å². The molecule has 27 heavy (non-hydrogen) atoms. The van der Waals surface area contributed by atoms with E-state index in [-0.39, 0.29) is 18.7 Å². The third kappa shape index (κ3) is 4.76. The van der Waals surface area contributed by atoms with E-state index >= 15 is 0 Å². The predicted molar refractivity (Wildman–Crippen MR) is 107 cm³/mol. The van der Waals surface area contributed by atoms with E-state index in [0.29, 0.717) is 17.5 Å². The number of benzene rings is 1. The molecule has 3 rings (SSSR count). The molecule has 1 fully saturated rings. The molecule has 0 bridgehead atoms. The van der Waals surface area contributed by atoms with Crippen LogP contribution >= 0.6 is 0 Å². The van der Waals surface area contributed by atoms with Crippen LogP contribution in [0.4, 0.5) is 11.5 Å². The molecule has 1 aromatic carbocycles. The van der Waals surface area contributed by atoms with Gasteiger partial charge in [0, 0.05) is 30.6 Å². The smallest absolute Gasteiger partial charge is 0.303 e. The number of nitrogens with zero attached hydrogens (tertiary/aromatic N) is 2. The molecule has 0 aliphatic carbocycles. The van der Waals surface area contributed by atoms with Crippen LogP contribution in [0.5, 0.6) is 0 Å². The molecule has 1 aromatic heterocycles. The van der Waals surface area contributed by atoms with Crippen molar-refractivity contribution in [2.75, 3.05) is 23.3 Å². The number of carboxylic acid groups (broad SMARTS) is 1. The van der Waals surface area contributed by atoms with Gasteiger partial charge in [0.15, 0.2) is 0 Å². The van der Waals surface area contributed by atoms with Crippen LogP contribution in [0.1, 0.15) is 38.7 Å². The quantitative estimate of drug-likeness (QED) is 0.837. The van der Waals surface area contributed by atoms with Gasteiger partial charge in [0.2, 0.25) is 5.91 Å². The van der Waals surface area contributed by atoms with Crippen molar-refractivity contribution in [3.8, 4) is 0 Å². The maximum Gasteiger partial charge on any atom is 0.303 e. The number of rotatable bonds is 5. The first-order valence-electron chi connectivity index (χ1n) is 9.50. The molecule has 6 nitrogen and oxygen atoms in total. The fraction of sp³-hybridized carbons (Fsp3) is 0.476. The van der Waals surface area contributed by atoms with Crippen molar-refractivity contribution in [2.45, 2.75) is 40.0 Å². The zero-order chi connectivity index (χ0) is 19.6. The minimum Gasteiger partial charge on any atom is -0.481 e. The molecule has 1 aliphatic heterocycles. The van der Waals surface area contributed by atoms with Gasteiger partial charge in [0.1, 0.15) is 5.82 Å². The standard InChI is InChI=1S/C21H27N3O3/c1-13-8-14(2)12-24(11-13)19-9-15(3)17-10-16(4-5-18(17)23-19)22-20(25)6-7-21(26)27/h4-5,9-10,13-14H,6-8,11-12H2,1-3H3,(H,22,25)(H,26,27). The van der Waals surface area contributed by atoms with Gasteiger partial charge in [0.25, 0.3) is 0 Å². The van der Waals surface area contributed by atoms with Crippen LogP contribution in [-0.2, 0) is 9.59 Å². The third-order valence-electron chi connectivity index (χ3n) is 5.04. The van der Waals surface area contributed by atoms with E-state index in [4.69, 9.17) is 10.1 Å². The van der Waals surface area contributed by atoms with E-state index in [9.17, 15) is 9.59 Å². The summed E-state index contributed by atoms with van der Waals surface area (Å²) < 4.78 is 0. The second-order valence-electron chi connectivity index (χ2n) is 7.82. The lowest BCUT2D eigenvalue weighted by molar-refractivity contribution is -0.138. The zero-order valence-electron chi connectivity index (χ0n) is 16.2. The molecule has 1 saturated heterocycles. The SMILES string of the molecule is Cc1cc(N2CC(C)CC(C)C2)nc2ccc(NC(=O)CCC(=O)O)cc12. The fourth-order valence-corrected chi connectivity index (χ4v) is 3.91. The van der Waals surface area contributed by atoms with Crippen molar-refractivity contribution >= 4 is 34.3 Å². The minimum absolute atomic E-state index is 0.0329. The van der Waals surface area contributed by atoms with Crippen LogP contribution in [-0.4, -0.2) is 35.1 Å². The molecular formula is C21H27N3O3. The molecule has 0 spiro atoms. The third-order valence-corrected chi connectivity index (χ3v) is 5.04. The van der Waals surface area contributed by atoms with E-state index in [0.717, 1.165) is 35.4 Å². The van der Waals surface area contributed by atoms with Crippen LogP contribution in [0.25, 0.3) is 10.9 Å². The topological polar surface area (TPSA) is 82.5 Å². The Labute approximate surface area is 159 Å². The first-order valence-corrected chi connectivity index (χ1v) is 9.50. The molecule has 2 atom stereocenters. The molecule has 2 N–H and O–H groups in total. The normalized spacial score (nSPS) is 19.9. The molecule has 2 heterocycles. The Morgan fingerprint density at radius 3 is 2.56 bits per heavy atom. The van der Waals surface area contributed by atoms with Gasteiger partial charge in [-0.3, -0.25) is 9.59 Å². The number of amides is 1. The molecule has 2 unspecified atom stereocenters. The molecule has 1 amide bonds. The van der Waals surface area contributed by atoms with Crippen molar-refractivity contribution in [3.05, 3.63) is 29.8 Å². The maximum absolute atomic E-state index is 11.9. The Bertz CT molecular complexity index is 855. The van der Waals surface area contributed by atoms with Crippen LogP contribution in [0, 0.1) is 18.8 Å². The summed E-state index contributed by atoms with van der Waals surface area (Å²) in [6.45, 7) is 8.69. The van der Waals surface area contributed by atoms with E-state index in [1.807, 2.05) is 18.2 Å². The molecular weight excluding hydrogens is 342 g/mol. The number of hydrogen-bond acceptors (Lipinski definition) is 4. The molecule has 144 valence electrons. The fourth-order valence-electron chi connectivity index (χ4n) is 3.91. The van der Waals surface area contributed by atoms with Crippen molar-refractivity contribution in [1.82, 2.24) is 4.98 Å². The minimum atomic E-state index is -0.974. The summed E-state index contributed by atoms with van der Waals surface area (Å²) in [4.78, 5) is 29.7. The van der Waals surface area contributed by atoms with Gasteiger partial charge < -0.3 is 15.3 Å². The highest BCUT2D eigenvalue weighted by atomic mass is 16.4. The molecule has 1 aliphatic rings. The highest BCUT2D eigenvalue weighted by Gasteiger charge is 2.23. The Hall–Kier alpha value is -2.63. The number of pyridine rings is 1. The van der Waals surface area contributed by atoms with Gasteiger partial charge in [-0.2, -0.15) is 0 Å². The van der Waals surface area contributed by atoms with Crippen LogP contribution < -0.4 is 10.2 Å². The average Bonchev–Trinajstić information content (AvgIpc) is 2.59. The lowest BCUT2D eigenvalue weighted by Gasteiger charge is -2.36. The Balaban J connectivity index is 1.81. The maximum atomic E-state index is 11.9. The molecule has 6 heteroatoms. The molecule has 0 saturated carbocycles. The number of carbonyl (C=O) groups excluding carboxylic acids is 1. The lowest BCUT2D eigenvalue weighted by atomic mass is 9.92. The number of piperidine rings is 1. The van der Waals surface area contributed by atoms with Crippen molar-refractivity contribution in [2.24, 2.45) is 11.8 Å². The first kappa shape index (κ1) is 19.1. The number of fused-ring (bicyclic) bond motifs is 1. The van der Waals surface area contributed by atoms with Gasteiger partial charge in [-0.25, -0.2) is 4.98 Å². The number of aromatic nitrogens is 1. The Morgan fingerprint density at radius 1 is 1.19 bits per heavy atom. The number of carbonyl (C=O) groups is 2.